The van der Waals surface area contributed by atoms with Gasteiger partial charge in [-0.1, -0.05) is 6.92 Å². The predicted octanol–water partition coefficient (Wildman–Crippen LogP) is -0.144. The molecule has 0 heterocycles. The van der Waals surface area contributed by atoms with E-state index in [0.717, 1.165) is 0 Å². The molecular weight excluding hydrogens is 174 g/mol. The first-order chi connectivity index (χ1) is 6.10. The lowest BCUT2D eigenvalue weighted by Gasteiger charge is -2.08. The van der Waals surface area contributed by atoms with Gasteiger partial charge < -0.3 is 10.4 Å². The molecule has 0 aliphatic rings. The molecule has 5 heteroatoms. The van der Waals surface area contributed by atoms with Crippen molar-refractivity contribution in [3.8, 4) is 0 Å². The maximum Gasteiger partial charge on any atom is 0.305 e. The van der Waals surface area contributed by atoms with Gasteiger partial charge in [-0.2, -0.15) is 0 Å². The van der Waals surface area contributed by atoms with Crippen LogP contribution in [0.25, 0.3) is 0 Å². The van der Waals surface area contributed by atoms with E-state index < -0.39 is 18.4 Å². The molecule has 0 spiro atoms. The molecule has 0 saturated carbocycles. The Labute approximate surface area is 76.1 Å². The van der Waals surface area contributed by atoms with Crippen LogP contribution >= 0.6 is 0 Å². The second-order valence-corrected chi connectivity index (χ2v) is 2.59. The fraction of sp³-hybridized carbons (Fsp3) is 0.625. The molecule has 1 radical (unpaired) electrons. The van der Waals surface area contributed by atoms with Crippen LogP contribution in [-0.2, 0) is 14.4 Å². The van der Waals surface area contributed by atoms with Gasteiger partial charge in [0.15, 0.2) is 0 Å². The van der Waals surface area contributed by atoms with Gasteiger partial charge in [0.2, 0.25) is 12.2 Å². The highest BCUT2D eigenvalue weighted by Gasteiger charge is 2.14. The second kappa shape index (κ2) is 6.16. The summed E-state index contributed by atoms with van der Waals surface area (Å²) in [6.45, 7) is 1.82. The molecule has 13 heavy (non-hydrogen) atoms. The Morgan fingerprint density at radius 3 is 2.54 bits per heavy atom. The third-order valence-electron chi connectivity index (χ3n) is 1.33. The Kier molecular flexibility index (Phi) is 5.50. The topological polar surface area (TPSA) is 83.5 Å². The highest BCUT2D eigenvalue weighted by atomic mass is 16.4. The van der Waals surface area contributed by atoms with E-state index in [1.165, 1.54) is 6.29 Å². The van der Waals surface area contributed by atoms with Crippen LogP contribution in [0.2, 0.25) is 0 Å². The zero-order chi connectivity index (χ0) is 10.3. The summed E-state index contributed by atoms with van der Waals surface area (Å²) < 4.78 is 0. The van der Waals surface area contributed by atoms with Crippen molar-refractivity contribution >= 4 is 18.2 Å². The van der Waals surface area contributed by atoms with Gasteiger partial charge in [0.1, 0.15) is 6.04 Å². The van der Waals surface area contributed by atoms with Gasteiger partial charge in [0.05, 0.1) is 6.42 Å². The van der Waals surface area contributed by atoms with Gasteiger partial charge in [-0.15, -0.1) is 0 Å². The Hall–Kier alpha value is -1.39. The van der Waals surface area contributed by atoms with E-state index in [9.17, 15) is 14.4 Å². The largest absolute Gasteiger partial charge is 0.481 e. The van der Waals surface area contributed by atoms with Gasteiger partial charge in [-0.05, 0) is 6.42 Å². The van der Waals surface area contributed by atoms with E-state index in [4.69, 9.17) is 5.11 Å². The number of carbonyl (C=O) groups is 2. The highest BCUT2D eigenvalue weighted by molar-refractivity contribution is 5.82. The molecule has 0 rings (SSSR count). The van der Waals surface area contributed by atoms with Crippen molar-refractivity contribution < 1.29 is 19.5 Å². The van der Waals surface area contributed by atoms with Crippen LogP contribution < -0.4 is 5.32 Å². The fourth-order valence-corrected chi connectivity index (χ4v) is 0.790. The minimum atomic E-state index is -1.13. The average molecular weight is 186 g/mol. The maximum atomic E-state index is 10.9. The summed E-state index contributed by atoms with van der Waals surface area (Å²) in [6.07, 6.45) is 1.99. The number of hydrogen-bond donors (Lipinski definition) is 2. The molecular formula is C8H12NO4. The summed E-state index contributed by atoms with van der Waals surface area (Å²) in [5.41, 5.74) is 0. The first-order valence-corrected chi connectivity index (χ1v) is 3.99. The summed E-state index contributed by atoms with van der Waals surface area (Å²) >= 11 is 0. The van der Waals surface area contributed by atoms with E-state index in [2.05, 4.69) is 5.32 Å². The third-order valence-corrected chi connectivity index (χ3v) is 1.33. The molecule has 2 N–H and O–H groups in total. The molecule has 0 unspecified atom stereocenters. The lowest BCUT2D eigenvalue weighted by atomic mass is 10.2. The summed E-state index contributed by atoms with van der Waals surface area (Å²) in [5, 5.41) is 10.6. The van der Waals surface area contributed by atoms with Crippen LogP contribution in [0.5, 0.6) is 0 Å². The minimum Gasteiger partial charge on any atom is -0.481 e. The molecule has 0 aliphatic heterocycles. The van der Waals surface area contributed by atoms with E-state index in [1.54, 1.807) is 0 Å². The number of aliphatic carboxylic acids is 1. The van der Waals surface area contributed by atoms with Crippen LogP contribution in [0.1, 0.15) is 26.2 Å². The second-order valence-electron chi connectivity index (χ2n) is 2.59. The molecule has 0 saturated heterocycles. The average Bonchev–Trinajstić information content (AvgIpc) is 2.02. The summed E-state index contributed by atoms with van der Waals surface area (Å²) in [4.78, 5) is 31.3. The summed E-state index contributed by atoms with van der Waals surface area (Å²) in [7, 11) is 0. The van der Waals surface area contributed by atoms with Crippen molar-refractivity contribution in [2.24, 2.45) is 0 Å². The Bertz CT molecular complexity index is 202. The van der Waals surface area contributed by atoms with Crippen molar-refractivity contribution in [2.75, 3.05) is 0 Å². The van der Waals surface area contributed by atoms with Crippen molar-refractivity contribution in [2.45, 2.75) is 32.2 Å². The number of nitrogens with one attached hydrogen (secondary N) is 1. The minimum absolute atomic E-state index is 0.289. The van der Waals surface area contributed by atoms with Gasteiger partial charge in [-0.3, -0.25) is 14.4 Å². The standard InChI is InChI=1S/C8H12NO4/c1-2-3-7(11)9-6(5-10)4-8(12)13/h6H,2-4H2,1H3,(H,9,11)(H,12,13)/t6-/m1/s1. The Morgan fingerprint density at radius 1 is 1.54 bits per heavy atom. The van der Waals surface area contributed by atoms with E-state index in [-0.39, 0.29) is 12.3 Å². The lowest BCUT2D eigenvalue weighted by molar-refractivity contribution is -0.137. The van der Waals surface area contributed by atoms with E-state index in [1.807, 2.05) is 6.92 Å². The maximum absolute atomic E-state index is 10.9. The molecule has 0 aliphatic carbocycles. The van der Waals surface area contributed by atoms with Gasteiger partial charge in [-0.25, -0.2) is 0 Å². The first kappa shape index (κ1) is 11.6. The van der Waals surface area contributed by atoms with Crippen LogP contribution in [0.3, 0.4) is 0 Å². The van der Waals surface area contributed by atoms with Gasteiger partial charge in [0.25, 0.3) is 0 Å². The molecule has 0 fully saturated rings. The SMILES string of the molecule is CCCC(=O)N[C@@H]([C]=O)CC(=O)O. The first-order valence-electron chi connectivity index (χ1n) is 3.99. The van der Waals surface area contributed by atoms with Gasteiger partial charge in [0, 0.05) is 6.42 Å². The van der Waals surface area contributed by atoms with Crippen molar-refractivity contribution in [3.05, 3.63) is 0 Å². The lowest BCUT2D eigenvalue weighted by Crippen LogP contribution is -2.37. The summed E-state index contributed by atoms with van der Waals surface area (Å²) in [5.74, 6) is -1.46. The molecule has 0 bridgehead atoms. The monoisotopic (exact) mass is 186 g/mol. The van der Waals surface area contributed by atoms with Crippen LogP contribution in [0, 0.1) is 0 Å². The van der Waals surface area contributed by atoms with Crippen LogP contribution in [-0.4, -0.2) is 29.3 Å². The quantitative estimate of drug-likeness (QED) is 0.604. The summed E-state index contributed by atoms with van der Waals surface area (Å²) in [6, 6.07) is -1.03. The number of carbonyl (C=O) groups excluding carboxylic acids is 2. The van der Waals surface area contributed by atoms with E-state index in [0.29, 0.717) is 6.42 Å². The van der Waals surface area contributed by atoms with Crippen molar-refractivity contribution in [1.82, 2.24) is 5.32 Å². The third kappa shape index (κ3) is 5.84. The zero-order valence-electron chi connectivity index (χ0n) is 7.37. The fourth-order valence-electron chi connectivity index (χ4n) is 0.790. The molecule has 1 atom stereocenters. The predicted molar refractivity (Wildman–Crippen MR) is 44.8 cm³/mol. The molecule has 73 valence electrons. The number of carboxylic acid groups (broad SMARTS) is 1. The van der Waals surface area contributed by atoms with Crippen LogP contribution in [0.15, 0.2) is 0 Å². The highest BCUT2D eigenvalue weighted by Crippen LogP contribution is 1.92. The molecule has 5 nitrogen and oxygen atoms in total. The van der Waals surface area contributed by atoms with Gasteiger partial charge >= 0.3 is 5.97 Å². The Morgan fingerprint density at radius 2 is 2.15 bits per heavy atom. The smallest absolute Gasteiger partial charge is 0.305 e. The van der Waals surface area contributed by atoms with E-state index >= 15 is 0 Å². The normalized spacial score (nSPS) is 11.8. The number of carboxylic acids is 1. The number of rotatable bonds is 6. The number of hydrogen-bond acceptors (Lipinski definition) is 3. The van der Waals surface area contributed by atoms with Crippen molar-refractivity contribution in [1.29, 1.82) is 0 Å². The Balaban J connectivity index is 3.90. The zero-order valence-corrected chi connectivity index (χ0v) is 7.37. The van der Waals surface area contributed by atoms with Crippen molar-refractivity contribution in [3.63, 3.8) is 0 Å². The molecule has 0 aromatic heterocycles. The van der Waals surface area contributed by atoms with Crippen LogP contribution in [0.4, 0.5) is 0 Å². The molecule has 0 aromatic rings. The molecule has 0 aromatic carbocycles. The number of amides is 1. The molecule has 1 amide bonds.